The van der Waals surface area contributed by atoms with E-state index in [4.69, 9.17) is 20.6 Å². The lowest BCUT2D eigenvalue weighted by Crippen LogP contribution is -2.38. The molecule has 0 spiro atoms. The molecule has 0 bridgehead atoms. The predicted molar refractivity (Wildman–Crippen MR) is 116 cm³/mol. The quantitative estimate of drug-likeness (QED) is 0.321. The molecule has 0 aliphatic carbocycles. The lowest BCUT2D eigenvalue weighted by Gasteiger charge is -2.18. The molecule has 1 heterocycles. The van der Waals surface area contributed by atoms with Crippen molar-refractivity contribution in [3.8, 4) is 11.5 Å². The van der Waals surface area contributed by atoms with E-state index >= 15 is 0 Å². The number of nitrogens with two attached hydrogens (primary N) is 1. The van der Waals surface area contributed by atoms with Gasteiger partial charge in [-0.05, 0) is 51.6 Å². The maximum atomic E-state index is 12.6. The van der Waals surface area contributed by atoms with Crippen molar-refractivity contribution in [2.45, 2.75) is 40.2 Å². The van der Waals surface area contributed by atoms with E-state index in [2.05, 4.69) is 23.7 Å². The van der Waals surface area contributed by atoms with Crippen LogP contribution in [-0.2, 0) is 0 Å². The molecular weight excluding hydrogens is 370 g/mol. The molecule has 160 valence electrons. The van der Waals surface area contributed by atoms with Crippen molar-refractivity contribution in [3.63, 3.8) is 0 Å². The van der Waals surface area contributed by atoms with Gasteiger partial charge in [-0.1, -0.05) is 13.8 Å². The first kappa shape index (κ1) is 22.5. The van der Waals surface area contributed by atoms with Gasteiger partial charge in [-0.3, -0.25) is 15.1 Å². The summed E-state index contributed by atoms with van der Waals surface area (Å²) < 4.78 is 11.9. The Morgan fingerprint density at radius 3 is 2.48 bits per heavy atom. The van der Waals surface area contributed by atoms with Crippen LogP contribution < -0.4 is 15.2 Å². The van der Waals surface area contributed by atoms with Gasteiger partial charge >= 0.3 is 0 Å². The van der Waals surface area contributed by atoms with E-state index in [-0.39, 0.29) is 12.1 Å². The van der Waals surface area contributed by atoms with Gasteiger partial charge in [-0.25, -0.2) is 0 Å². The molecule has 8 nitrogen and oxygen atoms in total. The monoisotopic (exact) mass is 403 g/mol. The number of nitrogens with zero attached hydrogens (tertiary/aromatic N) is 2. The number of amides is 1. The van der Waals surface area contributed by atoms with Crippen molar-refractivity contribution >= 4 is 22.8 Å². The van der Waals surface area contributed by atoms with Gasteiger partial charge in [0.2, 0.25) is 0 Å². The Bertz CT molecular complexity index is 842. The lowest BCUT2D eigenvalue weighted by atomic mass is 10.2. The first-order valence-corrected chi connectivity index (χ1v) is 10.1. The highest BCUT2D eigenvalue weighted by Crippen LogP contribution is 2.34. The molecule has 0 radical (unpaired) electrons. The third-order valence-electron chi connectivity index (χ3n) is 4.75. The lowest BCUT2D eigenvalue weighted by molar-refractivity contribution is 0.0864. The highest BCUT2D eigenvalue weighted by Gasteiger charge is 2.20. The van der Waals surface area contributed by atoms with Gasteiger partial charge in [-0.15, -0.1) is 0 Å². The molecule has 0 saturated carbocycles. The average Bonchev–Trinajstić information content (AvgIpc) is 3.14. The van der Waals surface area contributed by atoms with Gasteiger partial charge in [0, 0.05) is 19.0 Å². The van der Waals surface area contributed by atoms with Crippen LogP contribution in [0.3, 0.4) is 0 Å². The number of ether oxygens (including phenoxy) is 2. The van der Waals surface area contributed by atoms with E-state index in [0.29, 0.717) is 29.3 Å². The second kappa shape index (κ2) is 10.2. The fourth-order valence-corrected chi connectivity index (χ4v) is 3.06. The minimum atomic E-state index is -0.392. The number of hydrogen-bond donors (Lipinski definition) is 3. The highest BCUT2D eigenvalue weighted by molar-refractivity contribution is 6.07. The van der Waals surface area contributed by atoms with Crippen LogP contribution >= 0.6 is 0 Å². The molecule has 0 aliphatic heterocycles. The van der Waals surface area contributed by atoms with Gasteiger partial charge in [0.05, 0.1) is 18.2 Å². The number of carbonyl (C=O) groups excluding carboxylic acids is 1. The Hall–Kier alpha value is -2.74. The number of fused-ring (bicyclic) bond motifs is 1. The summed E-state index contributed by atoms with van der Waals surface area (Å²) in [6, 6.07) is 5.44. The minimum absolute atomic E-state index is 0.00650. The van der Waals surface area contributed by atoms with Crippen LogP contribution in [0.4, 0.5) is 0 Å². The van der Waals surface area contributed by atoms with Crippen molar-refractivity contribution in [2.75, 3.05) is 33.3 Å². The summed E-state index contributed by atoms with van der Waals surface area (Å²) in [5.74, 6) is 0.628. The second-order valence-corrected chi connectivity index (χ2v) is 7.18. The van der Waals surface area contributed by atoms with E-state index < -0.39 is 5.91 Å². The van der Waals surface area contributed by atoms with E-state index in [1.165, 1.54) is 7.05 Å². The molecule has 0 fully saturated rings. The number of benzene rings is 1. The molecule has 8 heteroatoms. The van der Waals surface area contributed by atoms with Gasteiger partial charge in [0.1, 0.15) is 17.2 Å². The zero-order valence-corrected chi connectivity index (χ0v) is 18.0. The van der Waals surface area contributed by atoms with Crippen LogP contribution in [0.1, 0.15) is 44.6 Å². The fraction of sp³-hybridized carbons (Fsp3) is 0.524. The highest BCUT2D eigenvalue weighted by atomic mass is 16.5. The van der Waals surface area contributed by atoms with Crippen molar-refractivity contribution in [3.05, 3.63) is 23.9 Å². The molecule has 29 heavy (non-hydrogen) atoms. The Balaban J connectivity index is 2.28. The molecule has 4 N–H and O–H groups in total. The van der Waals surface area contributed by atoms with Crippen LogP contribution in [0, 0.1) is 5.41 Å². The molecule has 0 aliphatic rings. The van der Waals surface area contributed by atoms with Crippen LogP contribution in [0.2, 0.25) is 0 Å². The third-order valence-corrected chi connectivity index (χ3v) is 4.75. The molecule has 2 rings (SSSR count). The molecule has 2 aromatic rings. The number of nitrogens with one attached hydrogen (secondary N) is 2. The van der Waals surface area contributed by atoms with Crippen molar-refractivity contribution in [1.29, 1.82) is 5.41 Å². The summed E-state index contributed by atoms with van der Waals surface area (Å²) in [6.45, 7) is 11.8. The molecular formula is C21H33N5O3. The van der Waals surface area contributed by atoms with E-state index in [0.717, 1.165) is 36.3 Å². The molecule has 0 saturated heterocycles. The van der Waals surface area contributed by atoms with E-state index in [1.807, 2.05) is 26.0 Å². The zero-order chi connectivity index (χ0) is 21.6. The van der Waals surface area contributed by atoms with Crippen LogP contribution in [0.5, 0.6) is 11.5 Å². The fourth-order valence-electron chi connectivity index (χ4n) is 3.06. The largest absolute Gasteiger partial charge is 0.491 e. The number of rotatable bonds is 10. The van der Waals surface area contributed by atoms with Crippen LogP contribution in [0.15, 0.2) is 18.2 Å². The Morgan fingerprint density at radius 2 is 1.90 bits per heavy atom. The third kappa shape index (κ3) is 5.63. The van der Waals surface area contributed by atoms with Gasteiger partial charge in [-0.2, -0.15) is 0 Å². The van der Waals surface area contributed by atoms with Gasteiger partial charge < -0.3 is 25.1 Å². The van der Waals surface area contributed by atoms with Crippen molar-refractivity contribution in [2.24, 2.45) is 5.73 Å². The minimum Gasteiger partial charge on any atom is -0.491 e. The first-order chi connectivity index (χ1) is 13.8. The normalized spacial score (nSPS) is 11.3. The molecule has 1 aromatic heterocycles. The zero-order valence-electron chi connectivity index (χ0n) is 18.0. The van der Waals surface area contributed by atoms with Crippen molar-refractivity contribution < 1.29 is 14.3 Å². The Morgan fingerprint density at radius 1 is 1.24 bits per heavy atom. The summed E-state index contributed by atoms with van der Waals surface area (Å²) in [4.78, 5) is 19.1. The maximum Gasteiger partial charge on any atom is 0.276 e. The topological polar surface area (TPSA) is 108 Å². The van der Waals surface area contributed by atoms with E-state index in [9.17, 15) is 4.79 Å². The number of aromatic nitrogens is 1. The number of hydrogen-bond acceptors (Lipinski definition) is 5. The SMILES string of the molecule is CCN(CC)CCCOc1ccc(OC(C)C)c2cc(C(=O)N(C)C(=N)N)[nH]c12. The molecule has 1 aromatic carbocycles. The van der Waals surface area contributed by atoms with Crippen molar-refractivity contribution in [1.82, 2.24) is 14.8 Å². The first-order valence-electron chi connectivity index (χ1n) is 10.1. The molecule has 1 amide bonds. The number of guanidine groups is 1. The Kier molecular flexibility index (Phi) is 7.90. The second-order valence-electron chi connectivity index (χ2n) is 7.18. The van der Waals surface area contributed by atoms with Crippen LogP contribution in [-0.4, -0.2) is 66.0 Å². The van der Waals surface area contributed by atoms with Gasteiger partial charge in [0.25, 0.3) is 5.91 Å². The van der Waals surface area contributed by atoms with E-state index in [1.54, 1.807) is 6.07 Å². The Labute approximate surface area is 172 Å². The summed E-state index contributed by atoms with van der Waals surface area (Å²) in [7, 11) is 1.46. The number of aromatic amines is 1. The molecule has 0 unspecified atom stereocenters. The predicted octanol–water partition coefficient (Wildman–Crippen LogP) is 3.03. The summed E-state index contributed by atoms with van der Waals surface area (Å²) in [6.07, 6.45) is 0.903. The summed E-state index contributed by atoms with van der Waals surface area (Å²) in [5.41, 5.74) is 6.47. The smallest absolute Gasteiger partial charge is 0.276 e. The average molecular weight is 404 g/mol. The van der Waals surface area contributed by atoms with Gasteiger partial charge in [0.15, 0.2) is 5.96 Å². The number of carbonyl (C=O) groups is 1. The van der Waals surface area contributed by atoms with Crippen LogP contribution in [0.25, 0.3) is 10.9 Å². The maximum absolute atomic E-state index is 12.6. The summed E-state index contributed by atoms with van der Waals surface area (Å²) >= 11 is 0. The summed E-state index contributed by atoms with van der Waals surface area (Å²) in [5, 5.41) is 8.25. The standard InChI is InChI=1S/C21H33N5O3/c1-6-26(7-2)11-8-12-28-18-10-9-17(29-14(3)4)15-13-16(24-19(15)18)20(27)25(5)21(22)23/h9-10,13-14,24H,6-8,11-12H2,1-5H3,(H3,22,23). The number of H-pyrrole nitrogens is 1. The molecule has 0 atom stereocenters.